The molecule has 0 aliphatic carbocycles. The number of ether oxygens (including phenoxy) is 1. The Bertz CT molecular complexity index is 872. The third-order valence-corrected chi connectivity index (χ3v) is 3.56. The fraction of sp³-hybridized carbons (Fsp3) is 0.100. The van der Waals surface area contributed by atoms with E-state index in [-0.39, 0.29) is 0 Å². The quantitative estimate of drug-likeness (QED) is 0.702. The normalized spacial score (nSPS) is 10.2. The van der Waals surface area contributed by atoms with E-state index >= 15 is 0 Å². The molecule has 0 fully saturated rings. The predicted octanol–water partition coefficient (Wildman–Crippen LogP) is 4.12. The molecule has 26 heavy (non-hydrogen) atoms. The van der Waals surface area contributed by atoms with Crippen LogP contribution in [0, 0.1) is 5.82 Å². The number of anilines is 1. The first-order valence-electron chi connectivity index (χ1n) is 8.11. The average molecular weight is 351 g/mol. The molecule has 0 atom stereocenters. The van der Waals surface area contributed by atoms with Crippen LogP contribution in [0.5, 0.6) is 5.88 Å². The van der Waals surface area contributed by atoms with Crippen LogP contribution < -0.4 is 15.4 Å². The number of benzene rings is 2. The van der Waals surface area contributed by atoms with E-state index in [2.05, 4.69) is 15.6 Å². The van der Waals surface area contributed by atoms with Crippen LogP contribution in [0.4, 0.5) is 14.9 Å². The smallest absolute Gasteiger partial charge is 0.319 e. The number of aromatic nitrogens is 1. The fourth-order valence-electron chi connectivity index (χ4n) is 2.29. The summed E-state index contributed by atoms with van der Waals surface area (Å²) in [5, 5.41) is 5.29. The van der Waals surface area contributed by atoms with Crippen LogP contribution in [0.3, 0.4) is 0 Å². The first kappa shape index (κ1) is 17.4. The summed E-state index contributed by atoms with van der Waals surface area (Å²) in [6.07, 6.45) is 1.63. The van der Waals surface area contributed by atoms with Gasteiger partial charge in [0.2, 0.25) is 5.88 Å². The molecule has 0 saturated heterocycles. The van der Waals surface area contributed by atoms with Crippen molar-refractivity contribution >= 4 is 11.7 Å². The number of nitrogens with zero attached hydrogens (tertiary/aromatic N) is 1. The van der Waals surface area contributed by atoms with Gasteiger partial charge in [0.1, 0.15) is 12.4 Å². The van der Waals surface area contributed by atoms with Gasteiger partial charge in [0.15, 0.2) is 0 Å². The number of urea groups is 1. The molecule has 0 unspecified atom stereocenters. The first-order chi connectivity index (χ1) is 12.7. The predicted molar refractivity (Wildman–Crippen MR) is 97.3 cm³/mol. The second-order valence-electron chi connectivity index (χ2n) is 5.59. The van der Waals surface area contributed by atoms with Crippen molar-refractivity contribution in [2.75, 3.05) is 5.32 Å². The van der Waals surface area contributed by atoms with Crippen LogP contribution in [0.25, 0.3) is 0 Å². The van der Waals surface area contributed by atoms with Crippen molar-refractivity contribution in [1.82, 2.24) is 10.3 Å². The maximum Gasteiger partial charge on any atom is 0.319 e. The lowest BCUT2D eigenvalue weighted by Gasteiger charge is -2.09. The molecule has 0 bridgehead atoms. The number of halogens is 1. The number of nitrogens with one attached hydrogen (secondary N) is 2. The highest BCUT2D eigenvalue weighted by molar-refractivity contribution is 5.89. The van der Waals surface area contributed by atoms with Gasteiger partial charge in [-0.05, 0) is 35.4 Å². The van der Waals surface area contributed by atoms with Gasteiger partial charge in [-0.15, -0.1) is 0 Å². The third-order valence-electron chi connectivity index (χ3n) is 3.56. The second kappa shape index (κ2) is 8.62. The standard InChI is InChI=1S/C20H18FN3O2/c21-17-7-4-8-18(12-17)24-20(25)23-13-16-9-10-22-19(11-16)26-14-15-5-2-1-3-6-15/h1-12H,13-14H2,(H2,23,24,25). The van der Waals surface area contributed by atoms with E-state index in [0.717, 1.165) is 11.1 Å². The van der Waals surface area contributed by atoms with Crippen molar-refractivity contribution < 1.29 is 13.9 Å². The van der Waals surface area contributed by atoms with Crippen LogP contribution in [0.2, 0.25) is 0 Å². The SMILES string of the molecule is O=C(NCc1ccnc(OCc2ccccc2)c1)Nc1cccc(F)c1. The summed E-state index contributed by atoms with van der Waals surface area (Å²) < 4.78 is 18.8. The number of amides is 2. The Hall–Kier alpha value is -3.41. The minimum atomic E-state index is -0.417. The molecule has 3 aromatic rings. The Kier molecular flexibility index (Phi) is 5.77. The molecule has 0 saturated carbocycles. The molecule has 3 rings (SSSR count). The highest BCUT2D eigenvalue weighted by Crippen LogP contribution is 2.12. The highest BCUT2D eigenvalue weighted by atomic mass is 19.1. The Labute approximate surface area is 150 Å². The second-order valence-corrected chi connectivity index (χ2v) is 5.59. The van der Waals surface area contributed by atoms with Crippen LogP contribution in [-0.4, -0.2) is 11.0 Å². The van der Waals surface area contributed by atoms with Crippen molar-refractivity contribution in [3.05, 3.63) is 89.9 Å². The maximum atomic E-state index is 13.1. The Morgan fingerprint density at radius 3 is 2.65 bits per heavy atom. The molecule has 2 N–H and O–H groups in total. The molecule has 1 aromatic heterocycles. The zero-order valence-corrected chi connectivity index (χ0v) is 14.0. The minimum absolute atomic E-state index is 0.297. The highest BCUT2D eigenvalue weighted by Gasteiger charge is 2.04. The maximum absolute atomic E-state index is 13.1. The fourth-order valence-corrected chi connectivity index (χ4v) is 2.29. The van der Waals surface area contributed by atoms with Crippen molar-refractivity contribution in [2.24, 2.45) is 0 Å². The summed E-state index contributed by atoms with van der Waals surface area (Å²) in [4.78, 5) is 16.1. The number of hydrogen-bond donors (Lipinski definition) is 2. The summed E-state index contributed by atoms with van der Waals surface area (Å²) in [6.45, 7) is 0.718. The average Bonchev–Trinajstić information content (AvgIpc) is 2.66. The van der Waals surface area contributed by atoms with E-state index in [1.165, 1.54) is 18.2 Å². The van der Waals surface area contributed by atoms with E-state index in [1.54, 1.807) is 24.4 Å². The molecule has 0 aliphatic heterocycles. The van der Waals surface area contributed by atoms with E-state index in [4.69, 9.17) is 4.74 Å². The minimum Gasteiger partial charge on any atom is -0.473 e. The van der Waals surface area contributed by atoms with Crippen LogP contribution >= 0.6 is 0 Å². The monoisotopic (exact) mass is 351 g/mol. The van der Waals surface area contributed by atoms with Crippen molar-refractivity contribution in [3.63, 3.8) is 0 Å². The lowest BCUT2D eigenvalue weighted by molar-refractivity contribution is 0.251. The molecular formula is C20H18FN3O2. The molecule has 2 aromatic carbocycles. The van der Waals surface area contributed by atoms with Crippen LogP contribution in [0.1, 0.15) is 11.1 Å². The molecule has 6 heteroatoms. The molecule has 132 valence electrons. The Morgan fingerprint density at radius 2 is 1.85 bits per heavy atom. The molecule has 0 spiro atoms. The number of pyridine rings is 1. The van der Waals surface area contributed by atoms with E-state index in [0.29, 0.717) is 24.7 Å². The van der Waals surface area contributed by atoms with Crippen LogP contribution in [0.15, 0.2) is 72.9 Å². The van der Waals surface area contributed by atoms with Gasteiger partial charge in [-0.2, -0.15) is 0 Å². The van der Waals surface area contributed by atoms with E-state index < -0.39 is 11.8 Å². The van der Waals surface area contributed by atoms with Crippen molar-refractivity contribution in [1.29, 1.82) is 0 Å². The molecule has 5 nitrogen and oxygen atoms in total. The summed E-state index contributed by atoms with van der Waals surface area (Å²) in [7, 11) is 0. The first-order valence-corrected chi connectivity index (χ1v) is 8.11. The van der Waals surface area contributed by atoms with Gasteiger partial charge >= 0.3 is 6.03 Å². The zero-order chi connectivity index (χ0) is 18.2. The molecule has 0 aliphatic rings. The van der Waals surface area contributed by atoms with Gasteiger partial charge in [-0.3, -0.25) is 0 Å². The van der Waals surface area contributed by atoms with Gasteiger partial charge in [0.25, 0.3) is 0 Å². The molecular weight excluding hydrogens is 333 g/mol. The van der Waals surface area contributed by atoms with Gasteiger partial charge < -0.3 is 15.4 Å². The van der Waals surface area contributed by atoms with Crippen LogP contribution in [-0.2, 0) is 13.2 Å². The molecule has 0 radical (unpaired) electrons. The zero-order valence-electron chi connectivity index (χ0n) is 14.0. The van der Waals surface area contributed by atoms with E-state index in [9.17, 15) is 9.18 Å². The Balaban J connectivity index is 1.51. The summed E-state index contributed by atoms with van der Waals surface area (Å²) in [5.41, 5.74) is 2.29. The van der Waals surface area contributed by atoms with Gasteiger partial charge in [0.05, 0.1) is 0 Å². The number of carbonyl (C=O) groups excluding carboxylic acids is 1. The molecule has 1 heterocycles. The summed E-state index contributed by atoms with van der Waals surface area (Å²) >= 11 is 0. The lowest BCUT2D eigenvalue weighted by Crippen LogP contribution is -2.28. The third kappa shape index (κ3) is 5.31. The van der Waals surface area contributed by atoms with E-state index in [1.807, 2.05) is 30.3 Å². The lowest BCUT2D eigenvalue weighted by atomic mass is 10.2. The van der Waals surface area contributed by atoms with Gasteiger partial charge in [-0.1, -0.05) is 36.4 Å². The number of carbonyl (C=O) groups is 1. The largest absolute Gasteiger partial charge is 0.473 e. The van der Waals surface area contributed by atoms with Crippen molar-refractivity contribution in [3.8, 4) is 5.88 Å². The number of rotatable bonds is 6. The Morgan fingerprint density at radius 1 is 1.00 bits per heavy atom. The van der Waals surface area contributed by atoms with Crippen molar-refractivity contribution in [2.45, 2.75) is 13.2 Å². The molecule has 2 amide bonds. The van der Waals surface area contributed by atoms with Gasteiger partial charge in [-0.25, -0.2) is 14.2 Å². The van der Waals surface area contributed by atoms with Gasteiger partial charge in [0, 0.05) is 24.5 Å². The topological polar surface area (TPSA) is 63.2 Å². The number of hydrogen-bond acceptors (Lipinski definition) is 3. The summed E-state index contributed by atoms with van der Waals surface area (Å²) in [5.74, 6) is 0.0795. The summed E-state index contributed by atoms with van der Waals surface area (Å²) in [6, 6.07) is 18.6.